The Balaban J connectivity index is 1.68. The van der Waals surface area contributed by atoms with E-state index in [0.717, 1.165) is 23.5 Å². The minimum absolute atomic E-state index is 0.0366. The molecule has 0 saturated heterocycles. The Morgan fingerprint density at radius 1 is 1.04 bits per heavy atom. The third-order valence-electron chi connectivity index (χ3n) is 4.13. The van der Waals surface area contributed by atoms with Gasteiger partial charge in [0.15, 0.2) is 11.6 Å². The van der Waals surface area contributed by atoms with Gasteiger partial charge in [0.1, 0.15) is 0 Å². The van der Waals surface area contributed by atoms with Crippen LogP contribution in [0.4, 0.5) is 20.2 Å². The molecule has 5 nitrogen and oxygen atoms in total. The first-order chi connectivity index (χ1) is 12.0. The highest BCUT2D eigenvalue weighted by Gasteiger charge is 2.25. The molecule has 1 aliphatic rings. The molecule has 1 N–H and O–H groups in total. The fourth-order valence-electron chi connectivity index (χ4n) is 2.76. The molecule has 0 spiro atoms. The number of nitrogens with zero attached hydrogens (tertiary/aromatic N) is 2. The quantitative estimate of drug-likeness (QED) is 0.928. The minimum atomic E-state index is -1.10. The monoisotopic (exact) mass is 345 g/mol. The van der Waals surface area contributed by atoms with Gasteiger partial charge < -0.3 is 15.1 Å². The van der Waals surface area contributed by atoms with Crippen molar-refractivity contribution in [2.24, 2.45) is 0 Å². The van der Waals surface area contributed by atoms with E-state index in [1.165, 1.54) is 6.07 Å². The van der Waals surface area contributed by atoms with Gasteiger partial charge in [0.2, 0.25) is 5.91 Å². The molecule has 0 unspecified atom stereocenters. The second kappa shape index (κ2) is 6.88. The molecule has 0 fully saturated rings. The highest BCUT2D eigenvalue weighted by molar-refractivity contribution is 6.02. The molecule has 0 saturated carbocycles. The van der Waals surface area contributed by atoms with Crippen LogP contribution in [-0.4, -0.2) is 38.5 Å². The number of amides is 2. The zero-order chi connectivity index (χ0) is 18.0. The third-order valence-corrected chi connectivity index (χ3v) is 4.13. The van der Waals surface area contributed by atoms with Crippen LogP contribution in [0.3, 0.4) is 0 Å². The topological polar surface area (TPSA) is 52.6 Å². The molecular formula is C18H17F2N3O2. The summed E-state index contributed by atoms with van der Waals surface area (Å²) in [5.41, 5.74) is 1.68. The molecule has 130 valence electrons. The first-order valence-electron chi connectivity index (χ1n) is 7.81. The van der Waals surface area contributed by atoms with Crippen molar-refractivity contribution in [2.45, 2.75) is 0 Å². The first kappa shape index (κ1) is 16.9. The number of para-hydroxylation sites is 2. The van der Waals surface area contributed by atoms with E-state index >= 15 is 0 Å². The average Bonchev–Trinajstić information content (AvgIpc) is 2.62. The van der Waals surface area contributed by atoms with Crippen LogP contribution in [-0.2, 0) is 4.79 Å². The number of likely N-dealkylation sites (N-methyl/N-ethyl adjacent to an activating group) is 1. The van der Waals surface area contributed by atoms with E-state index in [1.54, 1.807) is 4.90 Å². The fourth-order valence-corrected chi connectivity index (χ4v) is 2.76. The number of benzene rings is 2. The number of hydrogen-bond acceptors (Lipinski definition) is 3. The van der Waals surface area contributed by atoms with Gasteiger partial charge in [0, 0.05) is 25.7 Å². The van der Waals surface area contributed by atoms with Crippen LogP contribution < -0.4 is 15.1 Å². The van der Waals surface area contributed by atoms with E-state index < -0.39 is 17.5 Å². The lowest BCUT2D eigenvalue weighted by Gasteiger charge is -2.35. The lowest BCUT2D eigenvalue weighted by Crippen LogP contribution is -2.46. The van der Waals surface area contributed by atoms with Crippen LogP contribution in [0.25, 0.3) is 0 Å². The summed E-state index contributed by atoms with van der Waals surface area (Å²) in [6.45, 7) is 0.961. The number of nitrogens with one attached hydrogen (secondary N) is 1. The van der Waals surface area contributed by atoms with Crippen LogP contribution in [0.1, 0.15) is 10.4 Å². The van der Waals surface area contributed by atoms with Crippen LogP contribution in [0.2, 0.25) is 0 Å². The maximum absolute atomic E-state index is 13.2. The molecule has 0 radical (unpaired) electrons. The summed E-state index contributed by atoms with van der Waals surface area (Å²) < 4.78 is 26.1. The maximum atomic E-state index is 13.2. The van der Waals surface area contributed by atoms with Crippen LogP contribution in [0.5, 0.6) is 0 Å². The molecule has 0 aromatic heterocycles. The number of hydrogen-bond donors (Lipinski definition) is 1. The normalized spacial score (nSPS) is 13.4. The maximum Gasteiger partial charge on any atom is 0.251 e. The summed E-state index contributed by atoms with van der Waals surface area (Å²) >= 11 is 0. The summed E-state index contributed by atoms with van der Waals surface area (Å²) in [6, 6.07) is 10.4. The minimum Gasteiger partial charge on any atom is -0.371 e. The molecule has 0 bridgehead atoms. The highest BCUT2D eigenvalue weighted by Crippen LogP contribution is 2.31. The largest absolute Gasteiger partial charge is 0.371 e. The predicted molar refractivity (Wildman–Crippen MR) is 90.8 cm³/mol. The van der Waals surface area contributed by atoms with Gasteiger partial charge in [-0.05, 0) is 30.3 Å². The Bertz CT molecular complexity index is 826. The molecule has 1 aliphatic heterocycles. The van der Waals surface area contributed by atoms with Crippen molar-refractivity contribution in [2.75, 3.05) is 36.5 Å². The highest BCUT2D eigenvalue weighted by atomic mass is 19.2. The van der Waals surface area contributed by atoms with Crippen molar-refractivity contribution in [1.29, 1.82) is 0 Å². The summed E-state index contributed by atoms with van der Waals surface area (Å²) in [5, 5.41) is 2.45. The van der Waals surface area contributed by atoms with E-state index in [9.17, 15) is 18.4 Å². The van der Waals surface area contributed by atoms with Crippen molar-refractivity contribution < 1.29 is 18.4 Å². The molecule has 2 amide bonds. The van der Waals surface area contributed by atoms with Crippen molar-refractivity contribution in [3.05, 3.63) is 59.7 Å². The van der Waals surface area contributed by atoms with Crippen LogP contribution in [0, 0.1) is 11.6 Å². The van der Waals surface area contributed by atoms with Crippen LogP contribution in [0.15, 0.2) is 42.5 Å². The van der Waals surface area contributed by atoms with Crippen molar-refractivity contribution >= 4 is 23.2 Å². The Labute approximate surface area is 143 Å². The van der Waals surface area contributed by atoms with E-state index in [2.05, 4.69) is 10.2 Å². The number of rotatable bonds is 3. The van der Waals surface area contributed by atoms with Crippen molar-refractivity contribution in [3.63, 3.8) is 0 Å². The van der Waals surface area contributed by atoms with Gasteiger partial charge in [0.25, 0.3) is 5.91 Å². The number of halogens is 2. The lowest BCUT2D eigenvalue weighted by atomic mass is 10.1. The molecule has 1 heterocycles. The van der Waals surface area contributed by atoms with Crippen LogP contribution >= 0.6 is 0 Å². The molecule has 0 atom stereocenters. The lowest BCUT2D eigenvalue weighted by molar-refractivity contribution is -0.117. The Hall–Kier alpha value is -2.96. The zero-order valence-electron chi connectivity index (χ0n) is 13.6. The SMILES string of the molecule is CN1CCN(C(=O)CNC(=O)c2ccc(F)c(F)c2)c2ccccc21. The smallest absolute Gasteiger partial charge is 0.251 e. The van der Waals surface area contributed by atoms with Crippen molar-refractivity contribution in [3.8, 4) is 0 Å². The number of fused-ring (bicyclic) bond motifs is 1. The second-order valence-corrected chi connectivity index (χ2v) is 5.77. The van der Waals surface area contributed by atoms with Crippen molar-refractivity contribution in [1.82, 2.24) is 5.32 Å². The van der Waals surface area contributed by atoms with Gasteiger partial charge in [-0.2, -0.15) is 0 Å². The zero-order valence-corrected chi connectivity index (χ0v) is 13.6. The number of anilines is 2. The van der Waals surface area contributed by atoms with E-state index in [4.69, 9.17) is 0 Å². The molecule has 2 aromatic rings. The fraction of sp³-hybridized carbons (Fsp3) is 0.222. The van der Waals surface area contributed by atoms with Gasteiger partial charge in [-0.1, -0.05) is 12.1 Å². The molecule has 25 heavy (non-hydrogen) atoms. The van der Waals surface area contributed by atoms with Gasteiger partial charge in [-0.15, -0.1) is 0 Å². The molecule has 2 aromatic carbocycles. The summed E-state index contributed by atoms with van der Waals surface area (Å²) in [7, 11) is 1.95. The van der Waals surface area contributed by atoms with Gasteiger partial charge >= 0.3 is 0 Å². The number of carbonyl (C=O) groups excluding carboxylic acids is 2. The molecule has 3 rings (SSSR count). The standard InChI is InChI=1S/C18H17F2N3O2/c1-22-8-9-23(16-5-3-2-4-15(16)22)17(24)11-21-18(25)12-6-7-13(19)14(20)10-12/h2-7,10H,8-9,11H2,1H3,(H,21,25). The third kappa shape index (κ3) is 3.45. The molecule has 0 aliphatic carbocycles. The van der Waals surface area contributed by atoms with E-state index in [0.29, 0.717) is 13.1 Å². The summed E-state index contributed by atoms with van der Waals surface area (Å²) in [6.07, 6.45) is 0. The Morgan fingerprint density at radius 2 is 1.76 bits per heavy atom. The predicted octanol–water partition coefficient (Wildman–Crippen LogP) is 2.18. The average molecular weight is 345 g/mol. The Morgan fingerprint density at radius 3 is 2.48 bits per heavy atom. The number of carbonyl (C=O) groups is 2. The van der Waals surface area contributed by atoms with E-state index in [1.807, 2.05) is 31.3 Å². The van der Waals surface area contributed by atoms with E-state index in [-0.39, 0.29) is 18.0 Å². The summed E-state index contributed by atoms with van der Waals surface area (Å²) in [4.78, 5) is 28.2. The summed E-state index contributed by atoms with van der Waals surface area (Å²) in [5.74, 6) is -3.03. The molecule has 7 heteroatoms. The van der Waals surface area contributed by atoms with Gasteiger partial charge in [-0.3, -0.25) is 9.59 Å². The van der Waals surface area contributed by atoms with Gasteiger partial charge in [0.05, 0.1) is 17.9 Å². The Kier molecular flexibility index (Phi) is 4.65. The van der Waals surface area contributed by atoms with Gasteiger partial charge in [-0.25, -0.2) is 8.78 Å². The first-order valence-corrected chi connectivity index (χ1v) is 7.81. The second-order valence-electron chi connectivity index (χ2n) is 5.77. The molecular weight excluding hydrogens is 328 g/mol.